The van der Waals surface area contributed by atoms with Gasteiger partial charge in [-0.1, -0.05) is 23.4 Å². The van der Waals surface area contributed by atoms with Gasteiger partial charge in [0.1, 0.15) is 12.4 Å². The van der Waals surface area contributed by atoms with E-state index in [4.69, 9.17) is 21.0 Å². The van der Waals surface area contributed by atoms with Crippen LogP contribution in [-0.4, -0.2) is 70.8 Å². The fraction of sp³-hybridized carbons (Fsp3) is 0.333. The zero-order chi connectivity index (χ0) is 24.2. The van der Waals surface area contributed by atoms with Crippen LogP contribution in [-0.2, 0) is 21.0 Å². The molecule has 2 aromatic rings. The predicted octanol–water partition coefficient (Wildman–Crippen LogP) is 0.616. The molecule has 0 bridgehead atoms. The second-order valence-corrected chi connectivity index (χ2v) is 7.81. The standard InChI is InChI=1S/C21H23FN8O4/c1-12(31)29-9-16(10-29)34-28-15-7-30(8-15)20-25-5-14(6-26-20)17-4-2-3-13(18(17)22)11-33-21(32)27-19(23)24/h2-6,16H,7-11H2,1H3,(H4,23,24,27,32). The van der Waals surface area contributed by atoms with E-state index in [-0.39, 0.29) is 29.7 Å². The zero-order valence-electron chi connectivity index (χ0n) is 18.3. The molecule has 0 atom stereocenters. The van der Waals surface area contributed by atoms with Crippen LogP contribution in [0.5, 0.6) is 0 Å². The van der Waals surface area contributed by atoms with E-state index in [2.05, 4.69) is 20.1 Å². The fourth-order valence-corrected chi connectivity index (χ4v) is 3.32. The Hall–Kier alpha value is -4.29. The summed E-state index contributed by atoms with van der Waals surface area (Å²) < 4.78 is 19.8. The van der Waals surface area contributed by atoms with Gasteiger partial charge in [-0.05, 0) is 0 Å². The minimum absolute atomic E-state index is 0.0285. The highest BCUT2D eigenvalue weighted by Crippen LogP contribution is 2.26. The van der Waals surface area contributed by atoms with Crippen molar-refractivity contribution < 1.29 is 23.6 Å². The van der Waals surface area contributed by atoms with Crippen LogP contribution in [0, 0.1) is 5.82 Å². The number of aromatic nitrogens is 2. The number of likely N-dealkylation sites (tertiary alicyclic amines) is 1. The molecule has 1 aromatic heterocycles. The van der Waals surface area contributed by atoms with E-state index < -0.39 is 17.9 Å². The van der Waals surface area contributed by atoms with Gasteiger partial charge in [0, 0.05) is 36.0 Å². The molecule has 34 heavy (non-hydrogen) atoms. The lowest BCUT2D eigenvalue weighted by Crippen LogP contribution is -2.54. The fourth-order valence-electron chi connectivity index (χ4n) is 3.32. The van der Waals surface area contributed by atoms with E-state index in [1.165, 1.54) is 25.4 Å². The number of carbonyl (C=O) groups is 2. The number of amides is 2. The first kappa shape index (κ1) is 22.9. The number of benzene rings is 1. The normalized spacial score (nSPS) is 15.2. The highest BCUT2D eigenvalue weighted by atomic mass is 19.1. The molecule has 2 fully saturated rings. The SMILES string of the molecule is CC(=O)N1CC(ON=C2CN(c3ncc(-c4cccc(COC(=O)N=C(N)N)c4F)cn3)C2)C1. The Morgan fingerprint density at radius 3 is 2.56 bits per heavy atom. The average Bonchev–Trinajstić information content (AvgIpc) is 2.72. The molecule has 4 rings (SSSR count). The average molecular weight is 470 g/mol. The second kappa shape index (κ2) is 9.68. The van der Waals surface area contributed by atoms with Gasteiger partial charge < -0.3 is 30.8 Å². The van der Waals surface area contributed by atoms with Gasteiger partial charge in [0.15, 0.2) is 12.1 Å². The number of aliphatic imine (C=N–C) groups is 1. The molecular weight excluding hydrogens is 447 g/mol. The molecule has 0 unspecified atom stereocenters. The lowest BCUT2D eigenvalue weighted by Gasteiger charge is -2.37. The first-order chi connectivity index (χ1) is 16.3. The van der Waals surface area contributed by atoms with Crippen LogP contribution in [0.4, 0.5) is 15.1 Å². The highest BCUT2D eigenvalue weighted by Gasteiger charge is 2.31. The molecule has 2 aliphatic rings. The summed E-state index contributed by atoms with van der Waals surface area (Å²) in [5.74, 6) is -0.493. The zero-order valence-corrected chi connectivity index (χ0v) is 18.3. The number of carbonyl (C=O) groups excluding carboxylic acids is 2. The van der Waals surface area contributed by atoms with Crippen molar-refractivity contribution in [3.63, 3.8) is 0 Å². The van der Waals surface area contributed by atoms with Crippen LogP contribution in [0.1, 0.15) is 12.5 Å². The topological polar surface area (TPSA) is 162 Å². The first-order valence-electron chi connectivity index (χ1n) is 10.4. The molecule has 2 amide bonds. The van der Waals surface area contributed by atoms with E-state index in [1.807, 2.05) is 4.90 Å². The van der Waals surface area contributed by atoms with Crippen LogP contribution in [0.15, 0.2) is 40.7 Å². The van der Waals surface area contributed by atoms with Crippen LogP contribution in [0.3, 0.4) is 0 Å². The lowest BCUT2D eigenvalue weighted by molar-refractivity contribution is -0.142. The molecule has 0 spiro atoms. The third-order valence-electron chi connectivity index (χ3n) is 5.25. The summed E-state index contributed by atoms with van der Waals surface area (Å²) in [5, 5.41) is 4.13. The Kier molecular flexibility index (Phi) is 6.52. The van der Waals surface area contributed by atoms with Crippen molar-refractivity contribution in [2.75, 3.05) is 31.1 Å². The quantitative estimate of drug-likeness (QED) is 0.350. The first-order valence-corrected chi connectivity index (χ1v) is 10.4. The smallest absolute Gasteiger partial charge is 0.437 e. The van der Waals surface area contributed by atoms with E-state index in [0.29, 0.717) is 37.7 Å². The Bertz CT molecular complexity index is 1140. The summed E-state index contributed by atoms with van der Waals surface area (Å²) in [5.41, 5.74) is 12.0. The lowest BCUT2D eigenvalue weighted by atomic mass is 10.1. The largest absolute Gasteiger partial charge is 0.443 e. The molecule has 0 aliphatic carbocycles. The Labute approximate surface area is 194 Å². The van der Waals surface area contributed by atoms with Gasteiger partial charge in [-0.15, -0.1) is 4.99 Å². The van der Waals surface area contributed by atoms with Crippen molar-refractivity contribution >= 4 is 29.6 Å². The molecule has 12 nitrogen and oxygen atoms in total. The van der Waals surface area contributed by atoms with Crippen LogP contribution < -0.4 is 16.4 Å². The van der Waals surface area contributed by atoms with Crippen molar-refractivity contribution in [2.24, 2.45) is 21.6 Å². The molecule has 1 aromatic carbocycles. The summed E-state index contributed by atoms with van der Waals surface area (Å²) in [6, 6.07) is 4.70. The minimum atomic E-state index is -1.01. The number of hydrogen-bond donors (Lipinski definition) is 2. The van der Waals surface area contributed by atoms with Crippen LogP contribution in [0.2, 0.25) is 0 Å². The summed E-state index contributed by atoms with van der Waals surface area (Å²) in [7, 11) is 0. The summed E-state index contributed by atoms with van der Waals surface area (Å²) in [6.45, 7) is 3.34. The van der Waals surface area contributed by atoms with Crippen molar-refractivity contribution in [3.8, 4) is 11.1 Å². The number of anilines is 1. The van der Waals surface area contributed by atoms with Crippen molar-refractivity contribution in [2.45, 2.75) is 19.6 Å². The van der Waals surface area contributed by atoms with Gasteiger partial charge in [-0.3, -0.25) is 4.79 Å². The van der Waals surface area contributed by atoms with Gasteiger partial charge >= 0.3 is 6.09 Å². The molecule has 13 heteroatoms. The molecule has 0 saturated carbocycles. The maximum Gasteiger partial charge on any atom is 0.437 e. The molecule has 178 valence electrons. The number of hydrogen-bond acceptors (Lipinski definition) is 8. The molecule has 3 heterocycles. The number of halogens is 1. The van der Waals surface area contributed by atoms with Crippen LogP contribution >= 0.6 is 0 Å². The van der Waals surface area contributed by atoms with E-state index in [0.717, 1.165) is 5.71 Å². The third kappa shape index (κ3) is 5.19. The molecule has 2 saturated heterocycles. The molecule has 0 radical (unpaired) electrons. The van der Waals surface area contributed by atoms with Gasteiger partial charge in [-0.25, -0.2) is 19.2 Å². The van der Waals surface area contributed by atoms with Gasteiger partial charge in [-0.2, -0.15) is 0 Å². The van der Waals surface area contributed by atoms with Crippen LogP contribution in [0.25, 0.3) is 11.1 Å². The predicted molar refractivity (Wildman–Crippen MR) is 120 cm³/mol. The minimum Gasteiger partial charge on any atom is -0.443 e. The summed E-state index contributed by atoms with van der Waals surface area (Å²) >= 11 is 0. The molecule has 4 N–H and O–H groups in total. The summed E-state index contributed by atoms with van der Waals surface area (Å²) in [6.07, 6.45) is 1.96. The number of oxime groups is 1. The van der Waals surface area contributed by atoms with Gasteiger partial charge in [0.05, 0.1) is 31.9 Å². The summed E-state index contributed by atoms with van der Waals surface area (Å²) in [4.78, 5) is 43.5. The van der Waals surface area contributed by atoms with Crippen molar-refractivity contribution in [1.82, 2.24) is 14.9 Å². The van der Waals surface area contributed by atoms with Gasteiger partial charge in [0.25, 0.3) is 0 Å². The number of guanidine groups is 1. The van der Waals surface area contributed by atoms with E-state index in [1.54, 1.807) is 17.0 Å². The van der Waals surface area contributed by atoms with E-state index >= 15 is 0 Å². The maximum atomic E-state index is 14.9. The third-order valence-corrected chi connectivity index (χ3v) is 5.25. The molecular formula is C21H23FN8O4. The van der Waals surface area contributed by atoms with E-state index in [9.17, 15) is 14.0 Å². The number of nitrogens with zero attached hydrogens (tertiary/aromatic N) is 6. The Balaban J connectivity index is 1.32. The highest BCUT2D eigenvalue weighted by molar-refractivity contribution is 5.98. The maximum absolute atomic E-state index is 14.9. The van der Waals surface area contributed by atoms with Crippen molar-refractivity contribution in [3.05, 3.63) is 42.0 Å². The number of nitrogens with two attached hydrogens (primary N) is 2. The van der Waals surface area contributed by atoms with Gasteiger partial charge in [0.2, 0.25) is 11.9 Å². The Morgan fingerprint density at radius 2 is 1.91 bits per heavy atom. The Morgan fingerprint density at radius 1 is 1.21 bits per heavy atom. The monoisotopic (exact) mass is 470 g/mol. The molecule has 2 aliphatic heterocycles. The number of rotatable bonds is 6. The van der Waals surface area contributed by atoms with Crippen molar-refractivity contribution in [1.29, 1.82) is 0 Å². The second-order valence-electron chi connectivity index (χ2n) is 7.81. The number of ether oxygens (including phenoxy) is 1.